The Hall–Kier alpha value is -1.27. The Morgan fingerprint density at radius 3 is 2.76 bits per heavy atom. The lowest BCUT2D eigenvalue weighted by Gasteiger charge is -2.52. The number of likely N-dealkylation sites (tertiary alicyclic amines) is 2. The Bertz CT molecular complexity index is 695. The minimum atomic E-state index is -0.111. The fraction of sp³-hybridized carbons (Fsp3) is 0.783. The van der Waals surface area contributed by atoms with Gasteiger partial charge in [0.15, 0.2) is 0 Å². The van der Waals surface area contributed by atoms with E-state index in [1.54, 1.807) is 0 Å². The fourth-order valence-corrected chi connectivity index (χ4v) is 7.31. The van der Waals surface area contributed by atoms with Crippen LogP contribution in [-0.4, -0.2) is 67.3 Å². The second-order valence-electron chi connectivity index (χ2n) is 9.66. The first-order valence-corrected chi connectivity index (χ1v) is 12.5. The summed E-state index contributed by atoms with van der Waals surface area (Å²) < 4.78 is 5.20. The van der Waals surface area contributed by atoms with Crippen LogP contribution in [0.1, 0.15) is 51.9 Å². The third-order valence-corrected chi connectivity index (χ3v) is 8.93. The van der Waals surface area contributed by atoms with Crippen LogP contribution >= 0.6 is 11.3 Å². The van der Waals surface area contributed by atoms with Crippen LogP contribution in [-0.2, 0) is 4.74 Å². The fourth-order valence-electron chi connectivity index (χ4n) is 6.50. The standard InChI is InChI=1S/C23H35N3O2S/c1-2-28-22(27)25-13-9-23(17-25)15-19(16-23)24-11-7-18(8-12-24)20-5-3-10-26(20)21-6-4-14-29-21/h4,6,14,18-20H,2-3,5,7-13,15-17H2,1H3/t19?,20-,23?/m0/s1. The summed E-state index contributed by atoms with van der Waals surface area (Å²) in [6.07, 6.45) is 9.04. The Labute approximate surface area is 179 Å². The van der Waals surface area contributed by atoms with E-state index in [0.717, 1.165) is 37.5 Å². The summed E-state index contributed by atoms with van der Waals surface area (Å²) in [5.41, 5.74) is 0.385. The highest BCUT2D eigenvalue weighted by atomic mass is 32.1. The molecule has 6 heteroatoms. The van der Waals surface area contributed by atoms with Crippen LogP contribution < -0.4 is 4.90 Å². The molecule has 4 heterocycles. The smallest absolute Gasteiger partial charge is 0.409 e. The van der Waals surface area contributed by atoms with Crippen LogP contribution in [0, 0.1) is 11.3 Å². The van der Waals surface area contributed by atoms with Gasteiger partial charge in [-0.1, -0.05) is 0 Å². The molecule has 0 unspecified atom stereocenters. The molecule has 160 valence electrons. The van der Waals surface area contributed by atoms with E-state index in [-0.39, 0.29) is 6.09 Å². The summed E-state index contributed by atoms with van der Waals surface area (Å²) >= 11 is 1.90. The maximum Gasteiger partial charge on any atom is 0.409 e. The second kappa shape index (κ2) is 8.10. The van der Waals surface area contributed by atoms with E-state index in [1.807, 2.05) is 23.2 Å². The van der Waals surface area contributed by atoms with Gasteiger partial charge in [0.25, 0.3) is 0 Å². The van der Waals surface area contributed by atoms with Crippen molar-refractivity contribution in [3.05, 3.63) is 17.5 Å². The monoisotopic (exact) mass is 417 g/mol. The van der Waals surface area contributed by atoms with Crippen LogP contribution in [0.15, 0.2) is 17.5 Å². The molecule has 0 radical (unpaired) electrons. The van der Waals surface area contributed by atoms with Gasteiger partial charge in [0.1, 0.15) is 0 Å². The predicted molar refractivity (Wildman–Crippen MR) is 118 cm³/mol. The SMILES string of the molecule is CCOC(=O)N1CCC2(CC(N3CCC([C@@H]4CCCN4c4cccs4)CC3)C2)C1. The number of nitrogens with zero attached hydrogens (tertiary/aromatic N) is 3. The van der Waals surface area contributed by atoms with Gasteiger partial charge in [-0.3, -0.25) is 0 Å². The molecule has 1 aromatic rings. The van der Waals surface area contributed by atoms with Crippen molar-refractivity contribution in [1.82, 2.24) is 9.80 Å². The van der Waals surface area contributed by atoms with Crippen molar-refractivity contribution >= 4 is 22.4 Å². The summed E-state index contributed by atoms with van der Waals surface area (Å²) in [5.74, 6) is 0.857. The number of ether oxygens (including phenoxy) is 1. The average Bonchev–Trinajstić information content (AvgIpc) is 3.47. The first-order valence-electron chi connectivity index (χ1n) is 11.6. The summed E-state index contributed by atoms with van der Waals surface area (Å²) in [4.78, 5) is 19.4. The van der Waals surface area contributed by atoms with Crippen LogP contribution in [0.2, 0.25) is 0 Å². The Morgan fingerprint density at radius 1 is 1.21 bits per heavy atom. The van der Waals surface area contributed by atoms with Crippen molar-refractivity contribution in [1.29, 1.82) is 0 Å². The lowest BCUT2D eigenvalue weighted by atomic mass is 9.64. The molecule has 1 aromatic heterocycles. The molecule has 5 nitrogen and oxygen atoms in total. The highest BCUT2D eigenvalue weighted by molar-refractivity contribution is 7.14. The van der Waals surface area contributed by atoms with E-state index in [2.05, 4.69) is 27.3 Å². The third-order valence-electron chi connectivity index (χ3n) is 8.02. The number of piperidine rings is 1. The van der Waals surface area contributed by atoms with Crippen molar-refractivity contribution in [2.45, 2.75) is 64.0 Å². The zero-order valence-electron chi connectivity index (χ0n) is 17.7. The van der Waals surface area contributed by atoms with E-state index >= 15 is 0 Å². The summed E-state index contributed by atoms with van der Waals surface area (Å²) in [5, 5.41) is 3.69. The molecule has 0 N–H and O–H groups in total. The molecule has 1 atom stereocenters. The number of hydrogen-bond donors (Lipinski definition) is 0. The lowest BCUT2D eigenvalue weighted by Crippen LogP contribution is -2.55. The quantitative estimate of drug-likeness (QED) is 0.726. The Kier molecular flexibility index (Phi) is 5.50. The van der Waals surface area contributed by atoms with Crippen molar-refractivity contribution in [3.63, 3.8) is 0 Å². The van der Waals surface area contributed by atoms with Gasteiger partial charge < -0.3 is 19.4 Å². The van der Waals surface area contributed by atoms with E-state index in [9.17, 15) is 4.79 Å². The number of carbonyl (C=O) groups is 1. The zero-order valence-corrected chi connectivity index (χ0v) is 18.5. The maximum atomic E-state index is 12.0. The molecule has 0 bridgehead atoms. The molecular weight excluding hydrogens is 382 g/mol. The zero-order chi connectivity index (χ0) is 19.8. The Morgan fingerprint density at radius 2 is 2.03 bits per heavy atom. The Balaban J connectivity index is 1.10. The first-order chi connectivity index (χ1) is 14.2. The van der Waals surface area contributed by atoms with Gasteiger partial charge in [-0.05, 0) is 93.8 Å². The van der Waals surface area contributed by atoms with Crippen molar-refractivity contribution in [3.8, 4) is 0 Å². The van der Waals surface area contributed by atoms with E-state index < -0.39 is 0 Å². The summed E-state index contributed by atoms with van der Waals surface area (Å²) in [6.45, 7) is 7.93. The summed E-state index contributed by atoms with van der Waals surface area (Å²) in [6, 6.07) is 6.00. The minimum Gasteiger partial charge on any atom is -0.450 e. The molecule has 1 saturated carbocycles. The molecule has 3 saturated heterocycles. The van der Waals surface area contributed by atoms with Crippen molar-refractivity contribution < 1.29 is 9.53 Å². The van der Waals surface area contributed by atoms with E-state index in [0.29, 0.717) is 12.0 Å². The molecular formula is C23H35N3O2S. The first kappa shape index (κ1) is 19.7. The largest absolute Gasteiger partial charge is 0.450 e. The van der Waals surface area contributed by atoms with E-state index in [1.165, 1.54) is 63.2 Å². The number of rotatable bonds is 4. The van der Waals surface area contributed by atoms with Crippen LogP contribution in [0.4, 0.5) is 9.80 Å². The van der Waals surface area contributed by atoms with Gasteiger partial charge in [0.2, 0.25) is 0 Å². The van der Waals surface area contributed by atoms with Gasteiger partial charge in [-0.2, -0.15) is 0 Å². The molecule has 29 heavy (non-hydrogen) atoms. The number of hydrogen-bond acceptors (Lipinski definition) is 5. The minimum absolute atomic E-state index is 0.111. The number of carbonyl (C=O) groups excluding carboxylic acids is 1. The molecule has 1 aliphatic carbocycles. The topological polar surface area (TPSA) is 36.0 Å². The highest BCUT2D eigenvalue weighted by Crippen LogP contribution is 2.51. The van der Waals surface area contributed by atoms with E-state index in [4.69, 9.17) is 4.74 Å². The third kappa shape index (κ3) is 3.78. The van der Waals surface area contributed by atoms with Gasteiger partial charge in [0, 0.05) is 31.7 Å². The molecule has 4 aliphatic rings. The van der Waals surface area contributed by atoms with Gasteiger partial charge in [0.05, 0.1) is 11.6 Å². The predicted octanol–water partition coefficient (Wildman–Crippen LogP) is 4.44. The van der Waals surface area contributed by atoms with Gasteiger partial charge in [-0.25, -0.2) is 4.79 Å². The second-order valence-corrected chi connectivity index (χ2v) is 10.6. The number of amides is 1. The summed E-state index contributed by atoms with van der Waals surface area (Å²) in [7, 11) is 0. The van der Waals surface area contributed by atoms with Crippen LogP contribution in [0.3, 0.4) is 0 Å². The molecule has 1 amide bonds. The number of thiophene rings is 1. The highest BCUT2D eigenvalue weighted by Gasteiger charge is 2.51. The van der Waals surface area contributed by atoms with Crippen LogP contribution in [0.5, 0.6) is 0 Å². The van der Waals surface area contributed by atoms with Crippen LogP contribution in [0.25, 0.3) is 0 Å². The van der Waals surface area contributed by atoms with Gasteiger partial charge in [-0.15, -0.1) is 11.3 Å². The molecule has 0 aromatic carbocycles. The average molecular weight is 418 g/mol. The van der Waals surface area contributed by atoms with Crippen molar-refractivity contribution in [2.24, 2.45) is 11.3 Å². The molecule has 5 rings (SSSR count). The molecule has 4 fully saturated rings. The maximum absolute atomic E-state index is 12.0. The van der Waals surface area contributed by atoms with Crippen molar-refractivity contribution in [2.75, 3.05) is 44.2 Å². The number of anilines is 1. The molecule has 1 spiro atoms. The van der Waals surface area contributed by atoms with Gasteiger partial charge >= 0.3 is 6.09 Å². The lowest BCUT2D eigenvalue weighted by molar-refractivity contribution is -0.0109. The molecule has 3 aliphatic heterocycles. The normalized spacial score (nSPS) is 33.4.